The third-order valence-electron chi connectivity index (χ3n) is 3.05. The first-order valence-electron chi connectivity index (χ1n) is 7.59. The van der Waals surface area contributed by atoms with Gasteiger partial charge in [0.1, 0.15) is 5.82 Å². The van der Waals surface area contributed by atoms with Gasteiger partial charge in [-0.2, -0.15) is 5.26 Å². The highest BCUT2D eigenvalue weighted by molar-refractivity contribution is 8.00. The Hall–Kier alpha value is -1.98. The predicted molar refractivity (Wildman–Crippen MR) is 97.1 cm³/mol. The SMILES string of the molecule is CCc1nc(SCC(=O)Nc2ccccc2SC(C)CC#N)n[nH]1. The Morgan fingerprint density at radius 2 is 2.25 bits per heavy atom. The topological polar surface area (TPSA) is 94.5 Å². The van der Waals surface area contributed by atoms with Crippen molar-refractivity contribution in [2.75, 3.05) is 11.1 Å². The van der Waals surface area contributed by atoms with E-state index < -0.39 is 0 Å². The molecule has 6 nitrogen and oxygen atoms in total. The molecule has 1 aromatic carbocycles. The van der Waals surface area contributed by atoms with E-state index in [1.165, 1.54) is 11.8 Å². The molecule has 0 bridgehead atoms. The normalized spacial score (nSPS) is 11.7. The number of amides is 1. The van der Waals surface area contributed by atoms with Crippen LogP contribution in [0.3, 0.4) is 0 Å². The van der Waals surface area contributed by atoms with Crippen LogP contribution in [0.25, 0.3) is 0 Å². The molecule has 2 aromatic rings. The lowest BCUT2D eigenvalue weighted by atomic mass is 10.3. The Bertz CT molecular complexity index is 725. The predicted octanol–water partition coefficient (Wildman–Crippen LogP) is 3.49. The summed E-state index contributed by atoms with van der Waals surface area (Å²) < 4.78 is 0. The molecule has 0 saturated carbocycles. The Morgan fingerprint density at radius 3 is 2.96 bits per heavy atom. The van der Waals surface area contributed by atoms with Gasteiger partial charge in [0, 0.05) is 23.0 Å². The smallest absolute Gasteiger partial charge is 0.234 e. The standard InChI is InChI=1S/C16H19N5OS2/c1-3-14-19-16(21-20-14)23-10-15(22)18-12-6-4-5-7-13(12)24-11(2)8-9-17/h4-7,11H,3,8,10H2,1-2H3,(H,18,22)(H,19,20,21). The molecule has 1 unspecified atom stereocenters. The van der Waals surface area contributed by atoms with E-state index in [0.29, 0.717) is 11.6 Å². The highest BCUT2D eigenvalue weighted by Gasteiger charge is 2.12. The highest BCUT2D eigenvalue weighted by atomic mass is 32.2. The summed E-state index contributed by atoms with van der Waals surface area (Å²) in [5.74, 6) is 0.947. The minimum Gasteiger partial charge on any atom is -0.324 e. The van der Waals surface area contributed by atoms with Crippen molar-refractivity contribution in [3.8, 4) is 6.07 Å². The van der Waals surface area contributed by atoms with Crippen molar-refractivity contribution in [1.29, 1.82) is 5.26 Å². The number of aromatic nitrogens is 3. The molecule has 1 atom stereocenters. The van der Waals surface area contributed by atoms with Gasteiger partial charge in [-0.1, -0.05) is 37.7 Å². The van der Waals surface area contributed by atoms with Crippen LogP contribution in [0.5, 0.6) is 0 Å². The lowest BCUT2D eigenvalue weighted by Gasteiger charge is -2.13. The van der Waals surface area contributed by atoms with Crippen LogP contribution in [0.15, 0.2) is 34.3 Å². The number of nitrogens with one attached hydrogen (secondary N) is 2. The van der Waals surface area contributed by atoms with Gasteiger partial charge in [-0.15, -0.1) is 16.9 Å². The van der Waals surface area contributed by atoms with Crippen LogP contribution in [0.4, 0.5) is 5.69 Å². The number of aromatic amines is 1. The van der Waals surface area contributed by atoms with Gasteiger partial charge >= 0.3 is 0 Å². The molecule has 2 rings (SSSR count). The first kappa shape index (κ1) is 18.4. The van der Waals surface area contributed by atoms with E-state index in [4.69, 9.17) is 5.26 Å². The molecule has 1 heterocycles. The summed E-state index contributed by atoms with van der Waals surface area (Å²) in [6, 6.07) is 9.78. The Labute approximate surface area is 149 Å². The fraction of sp³-hybridized carbons (Fsp3) is 0.375. The second kappa shape index (κ2) is 9.35. The molecule has 24 heavy (non-hydrogen) atoms. The van der Waals surface area contributed by atoms with Crippen LogP contribution >= 0.6 is 23.5 Å². The lowest BCUT2D eigenvalue weighted by Crippen LogP contribution is -2.15. The van der Waals surface area contributed by atoms with Crippen molar-refractivity contribution in [2.24, 2.45) is 0 Å². The second-order valence-corrected chi connectivity index (χ2v) is 7.46. The Morgan fingerprint density at radius 1 is 1.46 bits per heavy atom. The number of nitriles is 1. The fourth-order valence-corrected chi connectivity index (χ4v) is 3.49. The van der Waals surface area contributed by atoms with Gasteiger partial charge in [0.05, 0.1) is 17.5 Å². The minimum atomic E-state index is -0.108. The number of nitrogens with zero attached hydrogens (tertiary/aromatic N) is 3. The third kappa shape index (κ3) is 5.58. The molecule has 2 N–H and O–H groups in total. The number of carbonyl (C=O) groups is 1. The molecular formula is C16H19N5OS2. The van der Waals surface area contributed by atoms with Gasteiger partial charge in [-0.3, -0.25) is 9.89 Å². The fourth-order valence-electron chi connectivity index (χ4n) is 1.88. The maximum Gasteiger partial charge on any atom is 0.234 e. The molecule has 0 aliphatic carbocycles. The highest BCUT2D eigenvalue weighted by Crippen LogP contribution is 2.31. The largest absolute Gasteiger partial charge is 0.324 e. The average molecular weight is 361 g/mol. The summed E-state index contributed by atoms with van der Waals surface area (Å²) in [5, 5.41) is 19.3. The van der Waals surface area contributed by atoms with Gasteiger partial charge in [-0.05, 0) is 12.1 Å². The van der Waals surface area contributed by atoms with Crippen LogP contribution in [0, 0.1) is 11.3 Å². The van der Waals surface area contributed by atoms with Gasteiger partial charge < -0.3 is 5.32 Å². The number of benzene rings is 1. The molecule has 0 aliphatic rings. The Kier molecular flexibility index (Phi) is 7.15. The Balaban J connectivity index is 1.92. The molecule has 8 heteroatoms. The number of hydrogen-bond acceptors (Lipinski definition) is 6. The summed E-state index contributed by atoms with van der Waals surface area (Å²) >= 11 is 2.88. The molecule has 126 valence electrons. The number of anilines is 1. The zero-order valence-corrected chi connectivity index (χ0v) is 15.2. The van der Waals surface area contributed by atoms with Crippen molar-refractivity contribution in [3.05, 3.63) is 30.1 Å². The second-order valence-electron chi connectivity index (χ2n) is 5.04. The number of para-hydroxylation sites is 1. The summed E-state index contributed by atoms with van der Waals surface area (Å²) in [6.45, 7) is 3.99. The van der Waals surface area contributed by atoms with Crippen LogP contribution < -0.4 is 5.32 Å². The molecular weight excluding hydrogens is 342 g/mol. The van der Waals surface area contributed by atoms with E-state index in [2.05, 4.69) is 26.6 Å². The maximum absolute atomic E-state index is 12.2. The van der Waals surface area contributed by atoms with Gasteiger partial charge in [0.2, 0.25) is 11.1 Å². The van der Waals surface area contributed by atoms with E-state index in [-0.39, 0.29) is 16.9 Å². The van der Waals surface area contributed by atoms with Crippen LogP contribution in [0.2, 0.25) is 0 Å². The number of thioether (sulfide) groups is 2. The number of rotatable bonds is 8. The molecule has 0 saturated heterocycles. The van der Waals surface area contributed by atoms with Crippen molar-refractivity contribution >= 4 is 35.1 Å². The molecule has 1 aromatic heterocycles. The maximum atomic E-state index is 12.2. The number of aryl methyl sites for hydroxylation is 1. The molecule has 0 spiro atoms. The third-order valence-corrected chi connectivity index (χ3v) is 5.07. The van der Waals surface area contributed by atoms with E-state index in [0.717, 1.165) is 22.8 Å². The first-order chi connectivity index (χ1) is 11.6. The van der Waals surface area contributed by atoms with Crippen molar-refractivity contribution in [3.63, 3.8) is 0 Å². The van der Waals surface area contributed by atoms with Crippen molar-refractivity contribution in [1.82, 2.24) is 15.2 Å². The summed E-state index contributed by atoms with van der Waals surface area (Å²) in [7, 11) is 0. The first-order valence-corrected chi connectivity index (χ1v) is 9.45. The van der Waals surface area contributed by atoms with E-state index >= 15 is 0 Å². The van der Waals surface area contributed by atoms with E-state index in [9.17, 15) is 4.79 Å². The molecule has 0 aliphatic heterocycles. The van der Waals surface area contributed by atoms with E-state index in [1.54, 1.807) is 11.8 Å². The van der Waals surface area contributed by atoms with Gasteiger partial charge in [0.25, 0.3) is 0 Å². The molecule has 1 amide bonds. The summed E-state index contributed by atoms with van der Waals surface area (Å²) in [6.07, 6.45) is 1.25. The van der Waals surface area contributed by atoms with Gasteiger partial charge in [0.15, 0.2) is 0 Å². The van der Waals surface area contributed by atoms with Crippen molar-refractivity contribution < 1.29 is 4.79 Å². The molecule has 0 radical (unpaired) electrons. The number of hydrogen-bond donors (Lipinski definition) is 2. The van der Waals surface area contributed by atoms with Crippen LogP contribution in [0.1, 0.15) is 26.1 Å². The van der Waals surface area contributed by atoms with Crippen LogP contribution in [-0.2, 0) is 11.2 Å². The molecule has 0 fully saturated rings. The van der Waals surface area contributed by atoms with Crippen molar-refractivity contribution in [2.45, 2.75) is 42.0 Å². The zero-order chi connectivity index (χ0) is 17.4. The quantitative estimate of drug-likeness (QED) is 0.699. The van der Waals surface area contributed by atoms with E-state index in [1.807, 2.05) is 38.1 Å². The monoisotopic (exact) mass is 361 g/mol. The average Bonchev–Trinajstić information content (AvgIpc) is 3.03. The summed E-state index contributed by atoms with van der Waals surface area (Å²) in [4.78, 5) is 17.4. The van der Waals surface area contributed by atoms with Crippen LogP contribution in [-0.4, -0.2) is 32.1 Å². The number of carbonyl (C=O) groups excluding carboxylic acids is 1. The minimum absolute atomic E-state index is 0.108. The van der Waals surface area contributed by atoms with Gasteiger partial charge in [-0.25, -0.2) is 4.98 Å². The summed E-state index contributed by atoms with van der Waals surface area (Å²) in [5.41, 5.74) is 0.766. The zero-order valence-electron chi connectivity index (χ0n) is 13.6. The lowest BCUT2D eigenvalue weighted by molar-refractivity contribution is -0.113. The number of H-pyrrole nitrogens is 1.